The molecule has 3 rings (SSSR count). The smallest absolute Gasteiger partial charge is 0.243 e. The minimum Gasteiger partial charge on any atom is -0.494 e. The zero-order valence-electron chi connectivity index (χ0n) is 21.3. The quantitative estimate of drug-likeness (QED) is 0.249. The standard InChI is InChI=1S/C30H34Cl2N2O3/c1-22(2)20-33-30(36)28(19-23-7-4-3-5-8-23)34(21-24-10-12-25(31)13-11-24)29(35)9-6-18-37-27-16-14-26(32)15-17-27/h3-5,7-8,10-17,22,28H,6,9,18-21H2,1-2H3,(H,33,36)/t28-/m0/s1. The van der Waals surface area contributed by atoms with Crippen LogP contribution in [0.3, 0.4) is 0 Å². The van der Waals surface area contributed by atoms with E-state index in [0.29, 0.717) is 54.3 Å². The lowest BCUT2D eigenvalue weighted by atomic mass is 10.0. The van der Waals surface area contributed by atoms with E-state index in [0.717, 1.165) is 11.1 Å². The predicted octanol–water partition coefficient (Wildman–Crippen LogP) is 6.56. The number of hydrogen-bond acceptors (Lipinski definition) is 3. The van der Waals surface area contributed by atoms with Crippen LogP contribution < -0.4 is 10.1 Å². The first-order valence-corrected chi connectivity index (χ1v) is 13.3. The fourth-order valence-corrected chi connectivity index (χ4v) is 4.10. The Morgan fingerprint density at radius 2 is 1.49 bits per heavy atom. The summed E-state index contributed by atoms with van der Waals surface area (Å²) in [4.78, 5) is 28.7. The molecule has 0 radical (unpaired) electrons. The Bertz CT molecular complexity index is 1120. The first kappa shape index (κ1) is 28.5. The van der Waals surface area contributed by atoms with Gasteiger partial charge in [-0.1, -0.05) is 79.5 Å². The lowest BCUT2D eigenvalue weighted by Gasteiger charge is -2.32. The van der Waals surface area contributed by atoms with Crippen LogP contribution in [0.1, 0.15) is 37.8 Å². The van der Waals surface area contributed by atoms with Gasteiger partial charge in [-0.15, -0.1) is 0 Å². The van der Waals surface area contributed by atoms with Gasteiger partial charge in [0.05, 0.1) is 6.61 Å². The second-order valence-electron chi connectivity index (χ2n) is 9.40. The molecule has 2 amide bonds. The molecule has 0 bridgehead atoms. The third kappa shape index (κ3) is 9.75. The first-order valence-electron chi connectivity index (χ1n) is 12.6. The Labute approximate surface area is 229 Å². The normalized spacial score (nSPS) is 11.7. The van der Waals surface area contributed by atoms with Crippen LogP contribution in [-0.4, -0.2) is 35.9 Å². The van der Waals surface area contributed by atoms with Crippen LogP contribution in [0.5, 0.6) is 5.75 Å². The largest absolute Gasteiger partial charge is 0.494 e. The maximum absolute atomic E-state index is 13.6. The Balaban J connectivity index is 1.77. The molecule has 0 aliphatic rings. The maximum Gasteiger partial charge on any atom is 0.243 e. The maximum atomic E-state index is 13.6. The number of amides is 2. The van der Waals surface area contributed by atoms with Gasteiger partial charge >= 0.3 is 0 Å². The third-order valence-electron chi connectivity index (χ3n) is 5.84. The fraction of sp³-hybridized carbons (Fsp3) is 0.333. The highest BCUT2D eigenvalue weighted by molar-refractivity contribution is 6.30. The van der Waals surface area contributed by atoms with E-state index < -0.39 is 6.04 Å². The van der Waals surface area contributed by atoms with Gasteiger partial charge in [0.25, 0.3) is 0 Å². The average molecular weight is 542 g/mol. The van der Waals surface area contributed by atoms with Gasteiger partial charge in [-0.3, -0.25) is 9.59 Å². The molecule has 0 aromatic heterocycles. The van der Waals surface area contributed by atoms with E-state index in [2.05, 4.69) is 5.32 Å². The molecule has 0 saturated carbocycles. The highest BCUT2D eigenvalue weighted by atomic mass is 35.5. The van der Waals surface area contributed by atoms with Gasteiger partial charge in [0.1, 0.15) is 11.8 Å². The molecule has 0 saturated heterocycles. The highest BCUT2D eigenvalue weighted by Crippen LogP contribution is 2.19. The third-order valence-corrected chi connectivity index (χ3v) is 6.34. The monoisotopic (exact) mass is 540 g/mol. The number of hydrogen-bond donors (Lipinski definition) is 1. The molecule has 0 spiro atoms. The second kappa shape index (κ2) is 14.7. The van der Waals surface area contributed by atoms with E-state index in [-0.39, 0.29) is 18.2 Å². The minimum atomic E-state index is -0.651. The summed E-state index contributed by atoms with van der Waals surface area (Å²) in [5.41, 5.74) is 1.90. The molecule has 5 nitrogen and oxygen atoms in total. The lowest BCUT2D eigenvalue weighted by Crippen LogP contribution is -2.51. The van der Waals surface area contributed by atoms with E-state index in [4.69, 9.17) is 27.9 Å². The van der Waals surface area contributed by atoms with Crippen molar-refractivity contribution in [3.8, 4) is 5.75 Å². The van der Waals surface area contributed by atoms with Gasteiger partial charge in [-0.05, 0) is 59.9 Å². The van der Waals surface area contributed by atoms with Crippen molar-refractivity contribution in [2.45, 2.75) is 45.7 Å². The highest BCUT2D eigenvalue weighted by Gasteiger charge is 2.30. The summed E-state index contributed by atoms with van der Waals surface area (Å²) < 4.78 is 5.77. The van der Waals surface area contributed by atoms with Crippen molar-refractivity contribution >= 4 is 35.0 Å². The SMILES string of the molecule is CC(C)CNC(=O)[C@H](Cc1ccccc1)N(Cc1ccc(Cl)cc1)C(=O)CCCOc1ccc(Cl)cc1. The number of benzene rings is 3. The van der Waals surface area contributed by atoms with Crippen LogP contribution in [0.4, 0.5) is 0 Å². The molecule has 0 heterocycles. The molecule has 3 aromatic carbocycles. The number of rotatable bonds is 13. The summed E-state index contributed by atoms with van der Waals surface area (Å²) in [6.07, 6.45) is 1.19. The average Bonchev–Trinajstić information content (AvgIpc) is 2.89. The molecule has 1 N–H and O–H groups in total. The summed E-state index contributed by atoms with van der Waals surface area (Å²) in [5, 5.41) is 4.30. The molecular formula is C30H34Cl2N2O3. The van der Waals surface area contributed by atoms with Crippen LogP contribution in [0.2, 0.25) is 10.0 Å². The molecule has 0 aliphatic heterocycles. The fourth-order valence-electron chi connectivity index (χ4n) is 3.85. The van der Waals surface area contributed by atoms with E-state index in [1.165, 1.54) is 0 Å². The van der Waals surface area contributed by atoms with Crippen LogP contribution in [0.15, 0.2) is 78.9 Å². The molecule has 3 aromatic rings. The molecule has 1 atom stereocenters. The number of ether oxygens (including phenoxy) is 1. The van der Waals surface area contributed by atoms with Crippen molar-refractivity contribution in [2.24, 2.45) is 5.92 Å². The molecular weight excluding hydrogens is 507 g/mol. The number of carbonyl (C=O) groups excluding carboxylic acids is 2. The molecule has 196 valence electrons. The lowest BCUT2D eigenvalue weighted by molar-refractivity contribution is -0.141. The van der Waals surface area contributed by atoms with Crippen molar-refractivity contribution in [3.05, 3.63) is 100 Å². The summed E-state index contributed by atoms with van der Waals surface area (Å²) in [6.45, 7) is 5.32. The van der Waals surface area contributed by atoms with Crippen molar-refractivity contribution in [1.82, 2.24) is 10.2 Å². The molecule has 0 aliphatic carbocycles. The second-order valence-corrected chi connectivity index (χ2v) is 10.3. The van der Waals surface area contributed by atoms with Gasteiger partial charge in [-0.25, -0.2) is 0 Å². The van der Waals surface area contributed by atoms with Gasteiger partial charge in [0.15, 0.2) is 0 Å². The van der Waals surface area contributed by atoms with Gasteiger partial charge in [-0.2, -0.15) is 0 Å². The van der Waals surface area contributed by atoms with Crippen LogP contribution in [-0.2, 0) is 22.6 Å². The number of carbonyl (C=O) groups is 2. The van der Waals surface area contributed by atoms with Crippen molar-refractivity contribution < 1.29 is 14.3 Å². The van der Waals surface area contributed by atoms with Gasteiger partial charge < -0.3 is 15.0 Å². The Hall–Kier alpha value is -3.02. The van der Waals surface area contributed by atoms with E-state index in [1.54, 1.807) is 41.3 Å². The summed E-state index contributed by atoms with van der Waals surface area (Å²) >= 11 is 12.0. The summed E-state index contributed by atoms with van der Waals surface area (Å²) in [6, 6.07) is 23.6. The van der Waals surface area contributed by atoms with E-state index >= 15 is 0 Å². The van der Waals surface area contributed by atoms with Crippen molar-refractivity contribution in [3.63, 3.8) is 0 Å². The Morgan fingerprint density at radius 3 is 2.11 bits per heavy atom. The number of nitrogens with zero attached hydrogens (tertiary/aromatic N) is 1. The van der Waals surface area contributed by atoms with Gasteiger partial charge in [0.2, 0.25) is 11.8 Å². The first-order chi connectivity index (χ1) is 17.8. The van der Waals surface area contributed by atoms with Gasteiger partial charge in [0, 0.05) is 36.0 Å². The molecule has 37 heavy (non-hydrogen) atoms. The van der Waals surface area contributed by atoms with E-state index in [1.807, 2.05) is 56.3 Å². The van der Waals surface area contributed by atoms with Crippen LogP contribution >= 0.6 is 23.2 Å². The number of halogens is 2. The topological polar surface area (TPSA) is 58.6 Å². The van der Waals surface area contributed by atoms with Crippen molar-refractivity contribution in [2.75, 3.05) is 13.2 Å². The van der Waals surface area contributed by atoms with Crippen LogP contribution in [0.25, 0.3) is 0 Å². The van der Waals surface area contributed by atoms with E-state index in [9.17, 15) is 9.59 Å². The molecule has 0 unspecified atom stereocenters. The minimum absolute atomic E-state index is 0.102. The van der Waals surface area contributed by atoms with Crippen LogP contribution in [0, 0.1) is 5.92 Å². The number of nitrogens with one attached hydrogen (secondary N) is 1. The Morgan fingerprint density at radius 1 is 0.865 bits per heavy atom. The predicted molar refractivity (Wildman–Crippen MR) is 150 cm³/mol. The molecule has 7 heteroatoms. The molecule has 0 fully saturated rings. The zero-order valence-corrected chi connectivity index (χ0v) is 22.8. The summed E-state index contributed by atoms with van der Waals surface area (Å²) in [7, 11) is 0. The zero-order chi connectivity index (χ0) is 26.6. The Kier molecular flexibility index (Phi) is 11.3. The van der Waals surface area contributed by atoms with Crippen molar-refractivity contribution in [1.29, 1.82) is 0 Å². The summed E-state index contributed by atoms with van der Waals surface area (Å²) in [5.74, 6) is 0.740.